The van der Waals surface area contributed by atoms with Gasteiger partial charge in [0.2, 0.25) is 0 Å². The lowest BCUT2D eigenvalue weighted by molar-refractivity contribution is -0.0826. The molecular formula is C18H23N3O3. The van der Waals surface area contributed by atoms with Crippen LogP contribution in [0.2, 0.25) is 0 Å². The Labute approximate surface area is 142 Å². The zero-order valence-corrected chi connectivity index (χ0v) is 14.1. The summed E-state index contributed by atoms with van der Waals surface area (Å²) in [6.45, 7) is 1.63. The van der Waals surface area contributed by atoms with Crippen molar-refractivity contribution in [2.75, 3.05) is 26.8 Å². The molecule has 6 heteroatoms. The molecular weight excluding hydrogens is 306 g/mol. The number of imidazole rings is 1. The van der Waals surface area contributed by atoms with Crippen molar-refractivity contribution in [1.82, 2.24) is 14.5 Å². The lowest BCUT2D eigenvalue weighted by Gasteiger charge is -2.41. The topological polar surface area (TPSA) is 56.6 Å². The van der Waals surface area contributed by atoms with Crippen LogP contribution in [0.15, 0.2) is 42.7 Å². The minimum atomic E-state index is -0.491. The highest BCUT2D eigenvalue weighted by Crippen LogP contribution is 2.27. The number of hydrogen-bond acceptors (Lipinski definition) is 4. The highest BCUT2D eigenvalue weighted by Gasteiger charge is 2.39. The molecule has 0 spiro atoms. The van der Waals surface area contributed by atoms with Crippen molar-refractivity contribution >= 4 is 5.91 Å². The van der Waals surface area contributed by atoms with Gasteiger partial charge >= 0.3 is 0 Å². The van der Waals surface area contributed by atoms with E-state index in [1.807, 2.05) is 42.3 Å². The zero-order valence-electron chi connectivity index (χ0n) is 14.1. The maximum atomic E-state index is 12.7. The molecule has 1 atom stereocenters. The number of aromatic nitrogens is 2. The third-order valence-corrected chi connectivity index (χ3v) is 4.52. The van der Waals surface area contributed by atoms with Crippen molar-refractivity contribution in [1.29, 1.82) is 0 Å². The molecule has 1 aliphatic rings. The van der Waals surface area contributed by atoms with Gasteiger partial charge in [-0.25, -0.2) is 4.98 Å². The molecule has 0 N–H and O–H groups in total. The van der Waals surface area contributed by atoms with Gasteiger partial charge in [0.1, 0.15) is 18.0 Å². The van der Waals surface area contributed by atoms with Gasteiger partial charge in [-0.3, -0.25) is 4.79 Å². The molecule has 3 rings (SSSR count). The number of methoxy groups -OCH3 is 1. The second kappa shape index (κ2) is 7.05. The smallest absolute Gasteiger partial charge is 0.289 e. The number of benzene rings is 1. The van der Waals surface area contributed by atoms with Crippen LogP contribution in [0, 0.1) is 0 Å². The Balaban J connectivity index is 1.70. The van der Waals surface area contributed by atoms with Crippen LogP contribution in [0.4, 0.5) is 0 Å². The molecule has 1 fully saturated rings. The van der Waals surface area contributed by atoms with Crippen molar-refractivity contribution in [3.63, 3.8) is 0 Å². The highest BCUT2D eigenvalue weighted by molar-refractivity contribution is 5.91. The molecule has 0 aliphatic carbocycles. The van der Waals surface area contributed by atoms with E-state index in [0.29, 0.717) is 25.5 Å². The van der Waals surface area contributed by atoms with Crippen molar-refractivity contribution in [3.05, 3.63) is 48.5 Å². The van der Waals surface area contributed by atoms with Crippen LogP contribution >= 0.6 is 0 Å². The van der Waals surface area contributed by atoms with E-state index >= 15 is 0 Å². The molecule has 1 aromatic heterocycles. The van der Waals surface area contributed by atoms with Crippen LogP contribution in [0.1, 0.15) is 23.5 Å². The molecule has 2 aromatic rings. The monoisotopic (exact) mass is 329 g/mol. The predicted molar refractivity (Wildman–Crippen MR) is 90.0 cm³/mol. The molecule has 0 bridgehead atoms. The molecule has 1 aromatic carbocycles. The van der Waals surface area contributed by atoms with Crippen molar-refractivity contribution in [2.45, 2.75) is 18.4 Å². The number of carbonyl (C=O) groups excluding carboxylic acids is 1. The standard InChI is InChI=1S/C18H23N3O3/c1-20-12-10-19-16(20)17(22)21-11-6-9-18(13-21,23-2)14-24-15-7-4-3-5-8-15/h3-5,7-8,10,12H,6,9,11,13-14H2,1-2H3/t18-/m0/s1. The first kappa shape index (κ1) is 16.5. The Kier molecular flexibility index (Phi) is 4.85. The van der Waals surface area contributed by atoms with Crippen molar-refractivity contribution < 1.29 is 14.3 Å². The fourth-order valence-electron chi connectivity index (χ4n) is 3.06. The van der Waals surface area contributed by atoms with Gasteiger partial charge in [-0.05, 0) is 25.0 Å². The molecule has 24 heavy (non-hydrogen) atoms. The lowest BCUT2D eigenvalue weighted by atomic mass is 9.93. The van der Waals surface area contributed by atoms with E-state index in [1.54, 1.807) is 24.1 Å². The maximum Gasteiger partial charge on any atom is 0.289 e. The molecule has 6 nitrogen and oxygen atoms in total. The van der Waals surface area contributed by atoms with Crippen molar-refractivity contribution in [2.24, 2.45) is 7.05 Å². The summed E-state index contributed by atoms with van der Waals surface area (Å²) < 4.78 is 13.4. The van der Waals surface area contributed by atoms with Crippen LogP contribution in [-0.4, -0.2) is 52.8 Å². The lowest BCUT2D eigenvalue weighted by Crippen LogP contribution is -2.54. The summed E-state index contributed by atoms with van der Waals surface area (Å²) in [5.74, 6) is 1.19. The third kappa shape index (κ3) is 3.43. The maximum absolute atomic E-state index is 12.7. The Morgan fingerprint density at radius 2 is 2.12 bits per heavy atom. The quantitative estimate of drug-likeness (QED) is 0.843. The molecule has 1 saturated heterocycles. The summed E-state index contributed by atoms with van der Waals surface area (Å²) in [5, 5.41) is 0. The summed E-state index contributed by atoms with van der Waals surface area (Å²) >= 11 is 0. The summed E-state index contributed by atoms with van der Waals surface area (Å²) in [4.78, 5) is 18.7. The summed E-state index contributed by atoms with van der Waals surface area (Å²) in [5.41, 5.74) is -0.491. The predicted octanol–water partition coefficient (Wildman–Crippen LogP) is 2.12. The molecule has 0 saturated carbocycles. The summed E-state index contributed by atoms with van der Waals surface area (Å²) in [6.07, 6.45) is 5.15. The van der Waals surface area contributed by atoms with Gasteiger partial charge in [-0.1, -0.05) is 18.2 Å². The first-order chi connectivity index (χ1) is 11.6. The number of hydrogen-bond donors (Lipinski definition) is 0. The van der Waals surface area contributed by atoms with Gasteiger partial charge in [-0.2, -0.15) is 0 Å². The van der Waals surface area contributed by atoms with Crippen LogP contribution in [0.3, 0.4) is 0 Å². The van der Waals surface area contributed by atoms with E-state index < -0.39 is 5.60 Å². The average Bonchev–Trinajstić information content (AvgIpc) is 3.06. The van der Waals surface area contributed by atoms with Gasteiger partial charge < -0.3 is 18.9 Å². The number of aryl methyl sites for hydroxylation is 1. The van der Waals surface area contributed by atoms with Crippen LogP contribution < -0.4 is 4.74 Å². The normalized spacial score (nSPS) is 20.8. The Morgan fingerprint density at radius 1 is 1.33 bits per heavy atom. The minimum Gasteiger partial charge on any atom is -0.491 e. The number of likely N-dealkylation sites (tertiary alicyclic amines) is 1. The first-order valence-corrected chi connectivity index (χ1v) is 8.13. The van der Waals surface area contributed by atoms with Crippen LogP contribution in [0.25, 0.3) is 0 Å². The van der Waals surface area contributed by atoms with E-state index in [0.717, 1.165) is 18.6 Å². The summed E-state index contributed by atoms with van der Waals surface area (Å²) in [6, 6.07) is 9.66. The SMILES string of the molecule is CO[C@@]1(COc2ccccc2)CCCN(C(=O)c2nccn2C)C1. The van der Waals surface area contributed by atoms with Gasteiger partial charge in [-0.15, -0.1) is 0 Å². The largest absolute Gasteiger partial charge is 0.491 e. The molecule has 0 unspecified atom stereocenters. The van der Waals surface area contributed by atoms with Crippen LogP contribution in [-0.2, 0) is 11.8 Å². The van der Waals surface area contributed by atoms with E-state index in [2.05, 4.69) is 4.98 Å². The Hall–Kier alpha value is -2.34. The number of nitrogens with zero attached hydrogens (tertiary/aromatic N) is 3. The molecule has 0 radical (unpaired) electrons. The average molecular weight is 329 g/mol. The third-order valence-electron chi connectivity index (χ3n) is 4.52. The number of rotatable bonds is 5. The van der Waals surface area contributed by atoms with Crippen LogP contribution in [0.5, 0.6) is 5.75 Å². The van der Waals surface area contributed by atoms with Gasteiger partial charge in [0.05, 0.1) is 6.54 Å². The first-order valence-electron chi connectivity index (χ1n) is 8.13. The molecule has 1 amide bonds. The van der Waals surface area contributed by atoms with Gasteiger partial charge in [0.25, 0.3) is 5.91 Å². The van der Waals surface area contributed by atoms with Crippen molar-refractivity contribution in [3.8, 4) is 5.75 Å². The number of piperidine rings is 1. The number of para-hydroxylation sites is 1. The van der Waals surface area contributed by atoms with E-state index in [4.69, 9.17) is 9.47 Å². The second-order valence-electron chi connectivity index (χ2n) is 6.18. The highest BCUT2D eigenvalue weighted by atomic mass is 16.5. The molecule has 1 aliphatic heterocycles. The molecule has 128 valence electrons. The van der Waals surface area contributed by atoms with Gasteiger partial charge in [0.15, 0.2) is 5.82 Å². The Morgan fingerprint density at radius 3 is 2.79 bits per heavy atom. The molecule has 2 heterocycles. The Bertz CT molecular complexity index is 686. The fraction of sp³-hybridized carbons (Fsp3) is 0.444. The minimum absolute atomic E-state index is 0.0664. The number of amides is 1. The number of ether oxygens (including phenoxy) is 2. The van der Waals surface area contributed by atoms with E-state index in [1.165, 1.54) is 0 Å². The van der Waals surface area contributed by atoms with E-state index in [-0.39, 0.29) is 5.91 Å². The number of carbonyl (C=O) groups is 1. The van der Waals surface area contributed by atoms with Gasteiger partial charge in [0, 0.05) is 33.1 Å². The fourth-order valence-corrected chi connectivity index (χ4v) is 3.06. The van der Waals surface area contributed by atoms with E-state index in [9.17, 15) is 4.79 Å². The second-order valence-corrected chi connectivity index (χ2v) is 6.18. The zero-order chi connectivity index (χ0) is 17.0. The summed E-state index contributed by atoms with van der Waals surface area (Å²) in [7, 11) is 3.51.